The Morgan fingerprint density at radius 1 is 1.26 bits per heavy atom. The first-order valence-electron chi connectivity index (χ1n) is 7.93. The van der Waals surface area contributed by atoms with Crippen molar-refractivity contribution in [3.63, 3.8) is 0 Å². The van der Waals surface area contributed by atoms with Crippen molar-refractivity contribution in [1.29, 1.82) is 0 Å². The maximum Gasteiger partial charge on any atom is 0.306 e. The van der Waals surface area contributed by atoms with E-state index in [1.165, 1.54) is 0 Å². The second-order valence-corrected chi connectivity index (χ2v) is 5.72. The first-order valence-corrected chi connectivity index (χ1v) is 7.93. The van der Waals surface area contributed by atoms with Gasteiger partial charge in [-0.15, -0.1) is 0 Å². The van der Waals surface area contributed by atoms with Gasteiger partial charge < -0.3 is 10.0 Å². The summed E-state index contributed by atoms with van der Waals surface area (Å²) >= 11 is 0. The molecule has 3 rings (SSSR count). The van der Waals surface area contributed by atoms with Gasteiger partial charge in [0, 0.05) is 43.5 Å². The summed E-state index contributed by atoms with van der Waals surface area (Å²) in [7, 11) is 0. The Balaban J connectivity index is 1.87. The lowest BCUT2D eigenvalue weighted by Crippen LogP contribution is -2.37. The Morgan fingerprint density at radius 2 is 1.96 bits per heavy atom. The lowest BCUT2D eigenvalue weighted by Gasteiger charge is -2.31. The molecule has 23 heavy (non-hydrogen) atoms. The van der Waals surface area contributed by atoms with E-state index in [1.807, 2.05) is 25.1 Å². The molecule has 0 saturated carbocycles. The van der Waals surface area contributed by atoms with Crippen molar-refractivity contribution < 1.29 is 9.90 Å². The van der Waals surface area contributed by atoms with Gasteiger partial charge in [-0.05, 0) is 25.0 Å². The fraction of sp³-hybridized carbons (Fsp3) is 0.412. The minimum Gasteiger partial charge on any atom is -0.481 e. The Labute approximate surface area is 135 Å². The zero-order valence-corrected chi connectivity index (χ0v) is 13.1. The third-order valence-electron chi connectivity index (χ3n) is 4.22. The summed E-state index contributed by atoms with van der Waals surface area (Å²) in [5, 5.41) is 9.12. The van der Waals surface area contributed by atoms with Gasteiger partial charge in [0.15, 0.2) is 0 Å². The van der Waals surface area contributed by atoms with E-state index in [2.05, 4.69) is 19.9 Å². The smallest absolute Gasteiger partial charge is 0.306 e. The van der Waals surface area contributed by atoms with Crippen molar-refractivity contribution in [3.8, 4) is 11.3 Å². The lowest BCUT2D eigenvalue weighted by molar-refractivity contribution is -0.142. The van der Waals surface area contributed by atoms with Gasteiger partial charge in [-0.3, -0.25) is 9.78 Å². The monoisotopic (exact) mass is 312 g/mol. The molecule has 2 aromatic heterocycles. The van der Waals surface area contributed by atoms with Crippen LogP contribution < -0.4 is 4.90 Å². The number of pyridine rings is 1. The van der Waals surface area contributed by atoms with Crippen molar-refractivity contribution in [3.05, 3.63) is 36.4 Å². The number of rotatable bonds is 4. The Hall–Kier alpha value is -2.50. The normalized spacial score (nSPS) is 15.6. The second kappa shape index (κ2) is 6.73. The van der Waals surface area contributed by atoms with Crippen molar-refractivity contribution >= 4 is 11.8 Å². The predicted molar refractivity (Wildman–Crippen MR) is 87.2 cm³/mol. The molecule has 120 valence electrons. The molecule has 1 aliphatic heterocycles. The number of aryl methyl sites for hydroxylation is 1. The Morgan fingerprint density at radius 3 is 2.57 bits per heavy atom. The number of hydrogen-bond donors (Lipinski definition) is 1. The Kier molecular flexibility index (Phi) is 4.50. The van der Waals surface area contributed by atoms with Crippen molar-refractivity contribution in [2.24, 2.45) is 5.92 Å². The van der Waals surface area contributed by atoms with Crippen LogP contribution in [-0.4, -0.2) is 39.1 Å². The zero-order chi connectivity index (χ0) is 16.2. The van der Waals surface area contributed by atoms with Crippen LogP contribution in [0.2, 0.25) is 0 Å². The minimum absolute atomic E-state index is 0.238. The van der Waals surface area contributed by atoms with Crippen molar-refractivity contribution in [2.45, 2.75) is 26.2 Å². The van der Waals surface area contributed by atoms with E-state index in [4.69, 9.17) is 5.11 Å². The molecular weight excluding hydrogens is 292 g/mol. The molecule has 0 aliphatic carbocycles. The molecular formula is C17H20N4O2. The van der Waals surface area contributed by atoms with Gasteiger partial charge in [0.05, 0.1) is 11.6 Å². The van der Waals surface area contributed by atoms with Crippen LogP contribution in [0.3, 0.4) is 0 Å². The van der Waals surface area contributed by atoms with Crippen LogP contribution >= 0.6 is 0 Å². The number of anilines is 1. The van der Waals surface area contributed by atoms with E-state index >= 15 is 0 Å². The number of aliphatic carboxylic acids is 1. The molecule has 3 heterocycles. The van der Waals surface area contributed by atoms with Crippen LogP contribution in [0.5, 0.6) is 0 Å². The second-order valence-electron chi connectivity index (χ2n) is 5.72. The molecule has 0 amide bonds. The highest BCUT2D eigenvalue weighted by atomic mass is 16.4. The molecule has 1 saturated heterocycles. The topological polar surface area (TPSA) is 79.2 Å². The molecule has 1 aliphatic rings. The maximum absolute atomic E-state index is 11.1. The molecule has 6 heteroatoms. The fourth-order valence-corrected chi connectivity index (χ4v) is 2.83. The molecule has 0 unspecified atom stereocenters. The number of aromatic nitrogens is 3. The number of carboxylic acids is 1. The van der Waals surface area contributed by atoms with Crippen LogP contribution in [0.25, 0.3) is 11.3 Å². The molecule has 1 N–H and O–H groups in total. The van der Waals surface area contributed by atoms with Crippen molar-refractivity contribution in [2.75, 3.05) is 18.0 Å². The molecule has 0 radical (unpaired) electrons. The summed E-state index contributed by atoms with van der Waals surface area (Å²) in [4.78, 5) is 26.5. The average molecular weight is 312 g/mol. The molecule has 0 aromatic carbocycles. The predicted octanol–water partition coefficient (Wildman–Crippen LogP) is 2.40. The highest BCUT2D eigenvalue weighted by Gasteiger charge is 2.25. The molecule has 1 fully saturated rings. The first kappa shape index (κ1) is 15.4. The average Bonchev–Trinajstić information content (AvgIpc) is 2.62. The van der Waals surface area contributed by atoms with Crippen LogP contribution in [0, 0.1) is 5.92 Å². The summed E-state index contributed by atoms with van der Waals surface area (Å²) in [6.45, 7) is 3.46. The number of nitrogens with zero attached hydrogens (tertiary/aromatic N) is 4. The third kappa shape index (κ3) is 3.47. The number of hydrogen-bond acceptors (Lipinski definition) is 5. The summed E-state index contributed by atoms with van der Waals surface area (Å²) in [6.07, 6.45) is 5.58. The standard InChI is InChI=1S/C17H20N4O2/c1-2-15-19-14(12-3-7-18-8-4-12)11-16(20-15)21-9-5-13(6-10-21)17(22)23/h3-4,7-8,11,13H,2,5-6,9-10H2,1H3,(H,22,23). The quantitative estimate of drug-likeness (QED) is 0.934. The minimum atomic E-state index is -0.695. The summed E-state index contributed by atoms with van der Waals surface area (Å²) in [5.74, 6) is 0.750. The van der Waals surface area contributed by atoms with E-state index in [9.17, 15) is 4.79 Å². The van der Waals surface area contributed by atoms with Crippen LogP contribution in [0.15, 0.2) is 30.6 Å². The highest BCUT2D eigenvalue weighted by Crippen LogP contribution is 2.26. The maximum atomic E-state index is 11.1. The zero-order valence-electron chi connectivity index (χ0n) is 13.1. The Bertz CT molecular complexity index is 682. The third-order valence-corrected chi connectivity index (χ3v) is 4.22. The van der Waals surface area contributed by atoms with E-state index < -0.39 is 5.97 Å². The molecule has 0 bridgehead atoms. The number of carboxylic acid groups (broad SMARTS) is 1. The van der Waals surface area contributed by atoms with Crippen molar-refractivity contribution in [1.82, 2.24) is 15.0 Å². The molecule has 0 spiro atoms. The highest BCUT2D eigenvalue weighted by molar-refractivity contribution is 5.70. The SMILES string of the molecule is CCc1nc(-c2ccncc2)cc(N2CCC(C(=O)O)CC2)n1. The van der Waals surface area contributed by atoms with Gasteiger partial charge in [0.25, 0.3) is 0 Å². The molecule has 6 nitrogen and oxygen atoms in total. The first-order chi connectivity index (χ1) is 11.2. The van der Waals surface area contributed by atoms with E-state index in [1.54, 1.807) is 12.4 Å². The fourth-order valence-electron chi connectivity index (χ4n) is 2.83. The van der Waals surface area contributed by atoms with Gasteiger partial charge in [0.1, 0.15) is 11.6 Å². The van der Waals surface area contributed by atoms with Crippen LogP contribution in [-0.2, 0) is 11.2 Å². The van der Waals surface area contributed by atoms with E-state index in [-0.39, 0.29) is 5.92 Å². The summed E-state index contributed by atoms with van der Waals surface area (Å²) in [6, 6.07) is 5.85. The number of piperidine rings is 1. The molecule has 2 aromatic rings. The van der Waals surface area contributed by atoms with Crippen LogP contribution in [0.4, 0.5) is 5.82 Å². The van der Waals surface area contributed by atoms with Crippen LogP contribution in [0.1, 0.15) is 25.6 Å². The van der Waals surface area contributed by atoms with Gasteiger partial charge in [-0.1, -0.05) is 6.92 Å². The van der Waals surface area contributed by atoms with E-state index in [0.29, 0.717) is 25.9 Å². The van der Waals surface area contributed by atoms with Gasteiger partial charge >= 0.3 is 5.97 Å². The largest absolute Gasteiger partial charge is 0.481 e. The van der Waals surface area contributed by atoms with Gasteiger partial charge in [-0.25, -0.2) is 9.97 Å². The molecule has 0 atom stereocenters. The van der Waals surface area contributed by atoms with Gasteiger partial charge in [-0.2, -0.15) is 0 Å². The van der Waals surface area contributed by atoms with E-state index in [0.717, 1.165) is 29.3 Å². The summed E-state index contributed by atoms with van der Waals surface area (Å²) in [5.41, 5.74) is 1.90. The lowest BCUT2D eigenvalue weighted by atomic mass is 9.97. The number of carbonyl (C=O) groups is 1. The van der Waals surface area contributed by atoms with Gasteiger partial charge in [0.2, 0.25) is 0 Å². The summed E-state index contributed by atoms with van der Waals surface area (Å²) < 4.78 is 0.